The van der Waals surface area contributed by atoms with Crippen molar-refractivity contribution in [2.45, 2.75) is 45.3 Å². The number of hydrogen-bond acceptors (Lipinski definition) is 6. The molecule has 1 saturated heterocycles. The lowest BCUT2D eigenvalue weighted by Gasteiger charge is -2.31. The van der Waals surface area contributed by atoms with Crippen molar-refractivity contribution < 1.29 is 13.9 Å². The Kier molecular flexibility index (Phi) is 6.08. The molecule has 0 atom stereocenters. The number of para-hydroxylation sites is 2. The van der Waals surface area contributed by atoms with Gasteiger partial charge in [-0.05, 0) is 31.9 Å². The molecule has 166 valence electrons. The fourth-order valence-electron chi connectivity index (χ4n) is 4.17. The van der Waals surface area contributed by atoms with Gasteiger partial charge in [-0.3, -0.25) is 13.9 Å². The van der Waals surface area contributed by atoms with Gasteiger partial charge in [-0.2, -0.15) is 5.10 Å². The highest BCUT2D eigenvalue weighted by molar-refractivity contribution is 5.79. The van der Waals surface area contributed by atoms with E-state index in [4.69, 9.17) is 9.15 Å². The molecule has 31 heavy (non-hydrogen) atoms. The van der Waals surface area contributed by atoms with Crippen LogP contribution in [0.3, 0.4) is 0 Å². The quantitative estimate of drug-likeness (QED) is 0.556. The van der Waals surface area contributed by atoms with Crippen LogP contribution in [0.15, 0.2) is 38.3 Å². The predicted molar refractivity (Wildman–Crippen MR) is 113 cm³/mol. The third-order valence-corrected chi connectivity index (χ3v) is 5.85. The van der Waals surface area contributed by atoms with Gasteiger partial charge in [0.2, 0.25) is 5.91 Å². The number of piperidine rings is 1. The number of carbonyl (C=O) groups is 1. The van der Waals surface area contributed by atoms with Crippen LogP contribution in [0, 0.1) is 0 Å². The average Bonchev–Trinajstić information content (AvgIpc) is 3.28. The molecule has 0 radical (unpaired) electrons. The van der Waals surface area contributed by atoms with Crippen LogP contribution in [0.4, 0.5) is 0 Å². The molecule has 0 aliphatic carbocycles. The van der Waals surface area contributed by atoms with Gasteiger partial charge in [0.25, 0.3) is 0 Å². The first kappa shape index (κ1) is 21.1. The number of carbonyl (C=O) groups excluding carboxylic acids is 1. The van der Waals surface area contributed by atoms with Crippen molar-refractivity contribution in [2.75, 3.05) is 26.8 Å². The summed E-state index contributed by atoms with van der Waals surface area (Å²) in [6, 6.07) is 7.07. The van der Waals surface area contributed by atoms with Gasteiger partial charge >= 0.3 is 11.4 Å². The number of methoxy groups -OCH3 is 1. The summed E-state index contributed by atoms with van der Waals surface area (Å²) in [5.41, 5.74) is 0.962. The first-order valence-corrected chi connectivity index (χ1v) is 10.6. The van der Waals surface area contributed by atoms with Gasteiger partial charge in [0.1, 0.15) is 12.4 Å². The van der Waals surface area contributed by atoms with Crippen molar-refractivity contribution in [1.82, 2.24) is 23.8 Å². The third-order valence-electron chi connectivity index (χ3n) is 5.85. The van der Waals surface area contributed by atoms with E-state index < -0.39 is 5.76 Å². The number of fused-ring (bicyclic) bond motifs is 1. The third kappa shape index (κ3) is 4.07. The minimum Gasteiger partial charge on any atom is -0.408 e. The normalized spacial score (nSPS) is 15.1. The molecule has 4 rings (SSSR count). The van der Waals surface area contributed by atoms with Gasteiger partial charge in [0, 0.05) is 32.7 Å². The van der Waals surface area contributed by atoms with E-state index in [1.165, 1.54) is 9.25 Å². The number of ether oxygens (including phenoxy) is 1. The summed E-state index contributed by atoms with van der Waals surface area (Å²) >= 11 is 0. The Morgan fingerprint density at radius 1 is 1.19 bits per heavy atom. The number of amides is 1. The van der Waals surface area contributed by atoms with Crippen molar-refractivity contribution in [2.24, 2.45) is 0 Å². The van der Waals surface area contributed by atoms with Gasteiger partial charge < -0.3 is 14.1 Å². The van der Waals surface area contributed by atoms with Gasteiger partial charge in [-0.1, -0.05) is 12.1 Å². The smallest absolute Gasteiger partial charge is 0.408 e. The average molecular weight is 429 g/mol. The molecule has 1 fully saturated rings. The van der Waals surface area contributed by atoms with Gasteiger partial charge in [0.15, 0.2) is 5.58 Å². The Morgan fingerprint density at radius 2 is 1.94 bits per heavy atom. The van der Waals surface area contributed by atoms with E-state index >= 15 is 0 Å². The lowest BCUT2D eigenvalue weighted by atomic mass is 9.96. The highest BCUT2D eigenvalue weighted by atomic mass is 16.5. The monoisotopic (exact) mass is 429 g/mol. The van der Waals surface area contributed by atoms with Crippen LogP contribution < -0.4 is 11.4 Å². The Balaban J connectivity index is 1.44. The molecule has 0 unspecified atom stereocenters. The van der Waals surface area contributed by atoms with Crippen LogP contribution >= 0.6 is 0 Å². The lowest BCUT2D eigenvalue weighted by molar-refractivity contribution is -0.132. The minimum atomic E-state index is -0.530. The fourth-order valence-corrected chi connectivity index (χ4v) is 4.17. The molecule has 3 heterocycles. The number of rotatable bonds is 7. The molecular weight excluding hydrogens is 402 g/mol. The molecule has 3 aromatic rings. The fraction of sp³-hybridized carbons (Fsp3) is 0.524. The Morgan fingerprint density at radius 3 is 2.65 bits per heavy atom. The molecule has 1 aliphatic heterocycles. The molecule has 2 aromatic heterocycles. The van der Waals surface area contributed by atoms with Crippen LogP contribution in [0.25, 0.3) is 11.1 Å². The molecular formula is C21H27N5O5. The maximum Gasteiger partial charge on any atom is 0.420 e. The van der Waals surface area contributed by atoms with Gasteiger partial charge in [-0.15, -0.1) is 0 Å². The van der Waals surface area contributed by atoms with Crippen LogP contribution in [0.1, 0.15) is 31.5 Å². The van der Waals surface area contributed by atoms with E-state index in [9.17, 15) is 14.4 Å². The molecule has 1 amide bonds. The largest absolute Gasteiger partial charge is 0.420 e. The van der Waals surface area contributed by atoms with Gasteiger partial charge in [-0.25, -0.2) is 14.3 Å². The van der Waals surface area contributed by atoms with E-state index in [1.54, 1.807) is 34.8 Å². The second-order valence-electron chi connectivity index (χ2n) is 7.68. The van der Waals surface area contributed by atoms with Crippen molar-refractivity contribution in [1.29, 1.82) is 0 Å². The summed E-state index contributed by atoms with van der Waals surface area (Å²) in [6.07, 6.45) is 1.43. The van der Waals surface area contributed by atoms with Crippen LogP contribution in [0.2, 0.25) is 0 Å². The topological polar surface area (TPSA) is 105 Å². The number of benzene rings is 1. The number of oxazole rings is 1. The standard InChI is InChI=1S/C21H27N5O5/c1-3-24-19(22-26(20(24)28)12-13-30-2)15-8-10-23(11-9-15)18(27)14-25-16-6-4-5-7-17(16)31-21(25)29/h4-7,15H,3,8-14H2,1-2H3. The summed E-state index contributed by atoms with van der Waals surface area (Å²) < 4.78 is 14.8. The lowest BCUT2D eigenvalue weighted by Crippen LogP contribution is -2.41. The van der Waals surface area contributed by atoms with Crippen LogP contribution in [0.5, 0.6) is 0 Å². The van der Waals surface area contributed by atoms with E-state index in [2.05, 4.69) is 5.10 Å². The zero-order valence-electron chi connectivity index (χ0n) is 17.8. The van der Waals surface area contributed by atoms with E-state index in [0.29, 0.717) is 56.7 Å². The SMILES string of the molecule is CCn1c(C2CCN(C(=O)Cn3c(=O)oc4ccccc43)CC2)nn(CCOC)c1=O. The molecule has 0 spiro atoms. The summed E-state index contributed by atoms with van der Waals surface area (Å²) in [7, 11) is 1.59. The molecule has 1 aliphatic rings. The number of hydrogen-bond donors (Lipinski definition) is 0. The predicted octanol–water partition coefficient (Wildman–Crippen LogP) is 1.03. The Labute approximate surface area is 178 Å². The highest BCUT2D eigenvalue weighted by Gasteiger charge is 2.29. The van der Waals surface area contributed by atoms with E-state index in [1.807, 2.05) is 13.0 Å². The van der Waals surface area contributed by atoms with Crippen molar-refractivity contribution in [3.8, 4) is 0 Å². The minimum absolute atomic E-state index is 0.0498. The summed E-state index contributed by atoms with van der Waals surface area (Å²) in [4.78, 5) is 39.3. The maximum atomic E-state index is 12.8. The zero-order valence-corrected chi connectivity index (χ0v) is 17.8. The molecule has 10 heteroatoms. The molecule has 0 bridgehead atoms. The Bertz CT molecular complexity index is 1180. The maximum absolute atomic E-state index is 12.8. The van der Waals surface area contributed by atoms with Crippen molar-refractivity contribution >= 4 is 17.0 Å². The van der Waals surface area contributed by atoms with Gasteiger partial charge in [0.05, 0.1) is 18.7 Å². The first-order valence-electron chi connectivity index (χ1n) is 10.6. The summed E-state index contributed by atoms with van der Waals surface area (Å²) in [6.45, 7) is 4.38. The molecule has 1 aromatic carbocycles. The molecule has 0 N–H and O–H groups in total. The highest BCUT2D eigenvalue weighted by Crippen LogP contribution is 2.26. The zero-order chi connectivity index (χ0) is 22.0. The Hall–Kier alpha value is -3.14. The number of nitrogens with zero attached hydrogens (tertiary/aromatic N) is 5. The summed E-state index contributed by atoms with van der Waals surface area (Å²) in [5, 5.41) is 4.54. The second kappa shape index (κ2) is 8.93. The molecule has 10 nitrogen and oxygen atoms in total. The number of likely N-dealkylation sites (tertiary alicyclic amines) is 1. The first-order chi connectivity index (χ1) is 15.0. The van der Waals surface area contributed by atoms with Crippen molar-refractivity contribution in [3.05, 3.63) is 51.1 Å². The number of aromatic nitrogens is 4. The van der Waals surface area contributed by atoms with Crippen LogP contribution in [-0.4, -0.2) is 56.5 Å². The van der Waals surface area contributed by atoms with Crippen LogP contribution in [-0.2, 0) is 29.2 Å². The summed E-state index contributed by atoms with van der Waals surface area (Å²) in [5.74, 6) is 0.231. The second-order valence-corrected chi connectivity index (χ2v) is 7.68. The van der Waals surface area contributed by atoms with E-state index in [-0.39, 0.29) is 24.1 Å². The molecule has 0 saturated carbocycles. The van der Waals surface area contributed by atoms with Crippen molar-refractivity contribution in [3.63, 3.8) is 0 Å². The van der Waals surface area contributed by atoms with E-state index in [0.717, 1.165) is 5.82 Å².